The Kier molecular flexibility index (Phi) is 9.38. The molecule has 2 aromatic carbocycles. The number of para-hydroxylation sites is 2. The first-order valence-corrected chi connectivity index (χ1v) is 14.6. The van der Waals surface area contributed by atoms with Crippen LogP contribution < -0.4 is 15.7 Å². The predicted octanol–water partition coefficient (Wildman–Crippen LogP) is 2.63. The fourth-order valence-electron chi connectivity index (χ4n) is 5.21. The first-order chi connectivity index (χ1) is 19.9. The zero-order valence-electron chi connectivity index (χ0n) is 22.2. The molecule has 2 aliphatic rings. The Balaban J connectivity index is 1.54. The first kappa shape index (κ1) is 29.2. The highest BCUT2D eigenvalue weighted by Gasteiger charge is 2.42. The molecular formula is C30H31IN2O8. The molecule has 0 spiro atoms. The van der Waals surface area contributed by atoms with E-state index in [-0.39, 0.29) is 37.8 Å². The van der Waals surface area contributed by atoms with Crippen LogP contribution in [0.1, 0.15) is 29.6 Å². The van der Waals surface area contributed by atoms with Gasteiger partial charge in [0.1, 0.15) is 29.1 Å². The van der Waals surface area contributed by atoms with Gasteiger partial charge in [0.25, 0.3) is 5.91 Å². The topological polar surface area (TPSA) is 139 Å². The summed E-state index contributed by atoms with van der Waals surface area (Å²) in [6.07, 6.45) is 0.569. The average molecular weight is 674 g/mol. The maximum atomic E-state index is 14.1. The van der Waals surface area contributed by atoms with Crippen molar-refractivity contribution in [2.45, 2.75) is 43.6 Å². The fraction of sp³-hybridized carbons (Fsp3) is 0.367. The Labute approximate surface area is 250 Å². The molecule has 1 saturated heterocycles. The SMILES string of the molecule is O=C(NCCO)C1=CC(Oc2ccccc2I)C(O)C(N(CC2CCCO2)C(=O)c2cc3ccccc3oc2=O)C1. The Morgan fingerprint density at radius 3 is 2.68 bits per heavy atom. The van der Waals surface area contributed by atoms with Gasteiger partial charge in [-0.3, -0.25) is 9.59 Å². The number of aliphatic hydroxyl groups excluding tert-OH is 2. The van der Waals surface area contributed by atoms with Crippen LogP contribution in [0, 0.1) is 3.57 Å². The summed E-state index contributed by atoms with van der Waals surface area (Å²) >= 11 is 2.12. The number of benzene rings is 2. The lowest BCUT2D eigenvalue weighted by Crippen LogP contribution is -2.57. The van der Waals surface area contributed by atoms with Crippen molar-refractivity contribution in [2.24, 2.45) is 0 Å². The van der Waals surface area contributed by atoms with Gasteiger partial charge in [-0.25, -0.2) is 4.79 Å². The molecular weight excluding hydrogens is 643 g/mol. The van der Waals surface area contributed by atoms with Crippen LogP contribution in [0.5, 0.6) is 5.75 Å². The molecule has 1 aliphatic heterocycles. The maximum Gasteiger partial charge on any atom is 0.349 e. The number of aliphatic hydroxyl groups is 2. The van der Waals surface area contributed by atoms with E-state index in [9.17, 15) is 24.6 Å². The van der Waals surface area contributed by atoms with Gasteiger partial charge in [-0.15, -0.1) is 0 Å². The largest absolute Gasteiger partial charge is 0.482 e. The summed E-state index contributed by atoms with van der Waals surface area (Å²) in [4.78, 5) is 41.6. The van der Waals surface area contributed by atoms with E-state index in [2.05, 4.69) is 27.9 Å². The van der Waals surface area contributed by atoms with Crippen molar-refractivity contribution in [1.29, 1.82) is 0 Å². The van der Waals surface area contributed by atoms with Crippen LogP contribution in [0.2, 0.25) is 0 Å². The third-order valence-corrected chi connectivity index (χ3v) is 8.16. The summed E-state index contributed by atoms with van der Waals surface area (Å²) in [7, 11) is 0. The van der Waals surface area contributed by atoms with Crippen molar-refractivity contribution < 1.29 is 33.7 Å². The summed E-state index contributed by atoms with van der Waals surface area (Å²) < 4.78 is 18.3. The Morgan fingerprint density at radius 1 is 1.15 bits per heavy atom. The second-order valence-electron chi connectivity index (χ2n) is 10.0. The number of ether oxygens (including phenoxy) is 2. The molecule has 2 amide bonds. The molecule has 3 aromatic rings. The molecule has 10 nitrogen and oxygen atoms in total. The summed E-state index contributed by atoms with van der Waals surface area (Å²) in [5.41, 5.74) is -0.321. The van der Waals surface area contributed by atoms with Gasteiger partial charge >= 0.3 is 5.63 Å². The molecule has 1 aliphatic carbocycles. The summed E-state index contributed by atoms with van der Waals surface area (Å²) in [5, 5.41) is 24.1. The lowest BCUT2D eigenvalue weighted by atomic mass is 9.87. The minimum absolute atomic E-state index is 0.00153. The summed E-state index contributed by atoms with van der Waals surface area (Å²) in [6.45, 7) is 0.454. The van der Waals surface area contributed by atoms with Crippen LogP contribution in [0.3, 0.4) is 0 Å². The number of nitrogens with zero attached hydrogens (tertiary/aromatic N) is 1. The normalized spacial score (nSPS) is 22.3. The molecule has 1 fully saturated rings. The quantitative estimate of drug-likeness (QED) is 0.233. The van der Waals surface area contributed by atoms with E-state index in [0.717, 1.165) is 9.99 Å². The third-order valence-electron chi connectivity index (χ3n) is 7.27. The number of fused-ring (bicyclic) bond motifs is 1. The highest BCUT2D eigenvalue weighted by Crippen LogP contribution is 2.31. The van der Waals surface area contributed by atoms with E-state index in [0.29, 0.717) is 35.3 Å². The number of hydrogen-bond acceptors (Lipinski definition) is 8. The molecule has 5 rings (SSSR count). The second kappa shape index (κ2) is 13.1. The number of halogens is 1. The van der Waals surface area contributed by atoms with Crippen molar-refractivity contribution in [2.75, 3.05) is 26.3 Å². The van der Waals surface area contributed by atoms with E-state index < -0.39 is 35.7 Å². The minimum Gasteiger partial charge on any atom is -0.482 e. The van der Waals surface area contributed by atoms with Gasteiger partial charge in [0.15, 0.2) is 0 Å². The number of rotatable bonds is 9. The highest BCUT2D eigenvalue weighted by molar-refractivity contribution is 14.1. The predicted molar refractivity (Wildman–Crippen MR) is 159 cm³/mol. The van der Waals surface area contributed by atoms with Crippen LogP contribution >= 0.6 is 22.6 Å². The lowest BCUT2D eigenvalue weighted by Gasteiger charge is -2.41. The van der Waals surface area contributed by atoms with Crippen LogP contribution in [-0.4, -0.2) is 77.6 Å². The molecule has 0 bridgehead atoms. The molecule has 11 heteroatoms. The number of carbonyl (C=O) groups excluding carboxylic acids is 2. The minimum atomic E-state index is -1.24. The van der Waals surface area contributed by atoms with Crippen LogP contribution in [0.4, 0.5) is 0 Å². The standard InChI is InChI=1S/C30H31IN2O8/c31-22-8-2-4-10-25(22)40-26-16-19(28(36)32-11-12-34)15-23(27(26)35)33(17-20-7-5-13-39-20)29(37)21-14-18-6-1-3-9-24(18)41-30(21)38/h1-4,6,8-10,14,16,20,23,26-27,34-35H,5,7,11-13,15,17H2,(H,32,36). The molecule has 1 aromatic heterocycles. The zero-order chi connectivity index (χ0) is 28.9. The fourth-order valence-corrected chi connectivity index (χ4v) is 5.72. The van der Waals surface area contributed by atoms with E-state index in [4.69, 9.17) is 13.9 Å². The number of nitrogens with one attached hydrogen (secondary N) is 1. The number of hydrogen-bond donors (Lipinski definition) is 3. The van der Waals surface area contributed by atoms with Crippen LogP contribution in [0.15, 0.2) is 75.5 Å². The van der Waals surface area contributed by atoms with Crippen LogP contribution in [-0.2, 0) is 9.53 Å². The Morgan fingerprint density at radius 2 is 1.93 bits per heavy atom. The van der Waals surface area contributed by atoms with Crippen molar-refractivity contribution in [3.8, 4) is 5.75 Å². The molecule has 216 valence electrons. The Bertz CT molecular complexity index is 1500. The molecule has 41 heavy (non-hydrogen) atoms. The highest BCUT2D eigenvalue weighted by atomic mass is 127. The monoisotopic (exact) mass is 674 g/mol. The van der Waals surface area contributed by atoms with Gasteiger partial charge < -0.3 is 34.3 Å². The van der Waals surface area contributed by atoms with Crippen molar-refractivity contribution in [3.05, 3.63) is 85.8 Å². The zero-order valence-corrected chi connectivity index (χ0v) is 24.4. The summed E-state index contributed by atoms with van der Waals surface area (Å²) in [5.74, 6) is -0.563. The first-order valence-electron chi connectivity index (χ1n) is 13.5. The van der Waals surface area contributed by atoms with Gasteiger partial charge in [-0.1, -0.05) is 30.3 Å². The molecule has 0 saturated carbocycles. The van der Waals surface area contributed by atoms with E-state index in [1.165, 1.54) is 11.0 Å². The smallest absolute Gasteiger partial charge is 0.349 e. The Hall–Kier alpha value is -3.26. The van der Waals surface area contributed by atoms with Gasteiger partial charge in [-0.2, -0.15) is 0 Å². The van der Waals surface area contributed by atoms with Crippen molar-refractivity contribution >= 4 is 45.4 Å². The number of amides is 2. The molecule has 2 heterocycles. The van der Waals surface area contributed by atoms with Crippen LogP contribution in [0.25, 0.3) is 11.0 Å². The number of carbonyl (C=O) groups is 2. The van der Waals surface area contributed by atoms with E-state index >= 15 is 0 Å². The average Bonchev–Trinajstić information content (AvgIpc) is 3.49. The molecule has 3 N–H and O–H groups in total. The van der Waals surface area contributed by atoms with Crippen molar-refractivity contribution in [3.63, 3.8) is 0 Å². The second-order valence-corrected chi connectivity index (χ2v) is 11.2. The molecule has 4 unspecified atom stereocenters. The molecule has 4 atom stereocenters. The third kappa shape index (κ3) is 6.64. The molecule has 0 radical (unpaired) electrons. The lowest BCUT2D eigenvalue weighted by molar-refractivity contribution is -0.118. The summed E-state index contributed by atoms with van der Waals surface area (Å²) in [6, 6.07) is 14.7. The van der Waals surface area contributed by atoms with Gasteiger partial charge in [0.2, 0.25) is 5.91 Å². The van der Waals surface area contributed by atoms with Gasteiger partial charge in [0, 0.05) is 37.1 Å². The van der Waals surface area contributed by atoms with Gasteiger partial charge in [-0.05, 0) is 65.8 Å². The van der Waals surface area contributed by atoms with E-state index in [1.807, 2.05) is 12.1 Å². The van der Waals surface area contributed by atoms with Crippen molar-refractivity contribution in [1.82, 2.24) is 10.2 Å². The van der Waals surface area contributed by atoms with Gasteiger partial charge in [0.05, 0.1) is 22.3 Å². The maximum absolute atomic E-state index is 14.1. The van der Waals surface area contributed by atoms with E-state index in [1.54, 1.807) is 42.5 Å².